The summed E-state index contributed by atoms with van der Waals surface area (Å²) >= 11 is 0. The molecule has 0 aliphatic carbocycles. The van der Waals surface area contributed by atoms with E-state index in [1.807, 2.05) is 0 Å². The van der Waals surface area contributed by atoms with Crippen LogP contribution < -0.4 is 4.72 Å². The fourth-order valence-electron chi connectivity index (χ4n) is 2.93. The fourth-order valence-corrected chi connectivity index (χ4v) is 3.99. The van der Waals surface area contributed by atoms with E-state index in [1.54, 1.807) is 37.3 Å². The highest BCUT2D eigenvalue weighted by Gasteiger charge is 2.37. The van der Waals surface area contributed by atoms with E-state index in [-0.39, 0.29) is 17.2 Å². The van der Waals surface area contributed by atoms with Gasteiger partial charge >= 0.3 is 0 Å². The van der Waals surface area contributed by atoms with Gasteiger partial charge in [-0.05, 0) is 30.3 Å². The molecule has 8 nitrogen and oxygen atoms in total. The van der Waals surface area contributed by atoms with Crippen LogP contribution in [-0.2, 0) is 15.6 Å². The maximum atomic E-state index is 12.8. The quantitative estimate of drug-likeness (QED) is 0.477. The lowest BCUT2D eigenvalue weighted by Crippen LogP contribution is -2.41. The molecule has 9 heteroatoms. The highest BCUT2D eigenvalue weighted by molar-refractivity contribution is 7.89. The van der Waals surface area contributed by atoms with Crippen LogP contribution in [-0.4, -0.2) is 25.1 Å². The van der Waals surface area contributed by atoms with E-state index >= 15 is 0 Å². The minimum Gasteiger partial charge on any atom is -0.472 e. The van der Waals surface area contributed by atoms with Gasteiger partial charge in [-0.1, -0.05) is 12.1 Å². The molecule has 0 saturated carbocycles. The van der Waals surface area contributed by atoms with Crippen LogP contribution >= 0.6 is 0 Å². The summed E-state index contributed by atoms with van der Waals surface area (Å²) in [5.74, 6) is 0.716. The monoisotopic (exact) mass is 414 g/mol. The van der Waals surface area contributed by atoms with Crippen LogP contribution in [0.3, 0.4) is 0 Å². The smallest absolute Gasteiger partial charge is 0.240 e. The molecule has 1 aromatic carbocycles. The molecule has 3 aromatic heterocycles. The third-order valence-electron chi connectivity index (χ3n) is 4.52. The summed E-state index contributed by atoms with van der Waals surface area (Å²) in [4.78, 5) is 4.27. The van der Waals surface area contributed by atoms with Gasteiger partial charge in [-0.15, -0.1) is 0 Å². The van der Waals surface area contributed by atoms with Gasteiger partial charge in [-0.2, -0.15) is 0 Å². The number of sulfonamides is 1. The first-order chi connectivity index (χ1) is 13.9. The first kappa shape index (κ1) is 19.2. The second-order valence-corrected chi connectivity index (χ2v) is 8.22. The molecule has 0 aliphatic heterocycles. The van der Waals surface area contributed by atoms with E-state index in [4.69, 9.17) is 13.3 Å². The molecule has 0 aliphatic rings. The number of oxazole rings is 1. The third kappa shape index (κ3) is 3.75. The predicted molar refractivity (Wildman–Crippen MR) is 102 cm³/mol. The van der Waals surface area contributed by atoms with Gasteiger partial charge in [0.25, 0.3) is 0 Å². The van der Waals surface area contributed by atoms with Gasteiger partial charge in [0.05, 0.1) is 30.2 Å². The molecule has 0 unspecified atom stereocenters. The summed E-state index contributed by atoms with van der Waals surface area (Å²) in [7, 11) is -3.90. The first-order valence-corrected chi connectivity index (χ1v) is 10.2. The molecule has 3 heterocycles. The Morgan fingerprint density at radius 2 is 1.86 bits per heavy atom. The zero-order valence-electron chi connectivity index (χ0n) is 15.4. The van der Waals surface area contributed by atoms with Crippen LogP contribution in [0, 0.1) is 6.92 Å². The molecule has 0 bridgehead atoms. The largest absolute Gasteiger partial charge is 0.472 e. The lowest BCUT2D eigenvalue weighted by Gasteiger charge is -2.25. The van der Waals surface area contributed by atoms with Crippen LogP contribution in [0.2, 0.25) is 0 Å². The van der Waals surface area contributed by atoms with Crippen molar-refractivity contribution in [3.63, 3.8) is 0 Å². The van der Waals surface area contributed by atoms with E-state index in [9.17, 15) is 13.5 Å². The highest BCUT2D eigenvalue weighted by atomic mass is 32.2. The number of nitrogens with one attached hydrogen (secondary N) is 1. The molecule has 0 amide bonds. The van der Waals surface area contributed by atoms with E-state index in [0.717, 1.165) is 5.56 Å². The molecule has 4 rings (SSSR count). The van der Waals surface area contributed by atoms with Crippen molar-refractivity contribution in [2.24, 2.45) is 0 Å². The summed E-state index contributed by atoms with van der Waals surface area (Å²) in [6, 6.07) is 10.9. The summed E-state index contributed by atoms with van der Waals surface area (Å²) in [5.41, 5.74) is -0.00776. The van der Waals surface area contributed by atoms with Crippen molar-refractivity contribution >= 4 is 10.0 Å². The van der Waals surface area contributed by atoms with Crippen LogP contribution in [0.25, 0.3) is 11.3 Å². The number of aryl methyl sites for hydroxylation is 1. The second kappa shape index (κ2) is 7.36. The lowest BCUT2D eigenvalue weighted by atomic mass is 9.94. The standard InChI is InChI=1S/C20H18N2O6S/c1-14-22-18(12-28-14)15-4-6-17(7-5-15)29(24,25)21-13-20(23,16-8-10-26-11-16)19-3-2-9-27-19/h2-12,21,23H,13H2,1H3/t20-/m0/s1. The molecule has 150 valence electrons. The Balaban J connectivity index is 1.56. The molecular weight excluding hydrogens is 396 g/mol. The average Bonchev–Trinajstić information content (AvgIpc) is 3.49. The van der Waals surface area contributed by atoms with Crippen molar-refractivity contribution in [3.8, 4) is 11.3 Å². The molecular formula is C20H18N2O6S. The van der Waals surface area contributed by atoms with Crippen LogP contribution in [0.1, 0.15) is 17.2 Å². The number of aliphatic hydroxyl groups is 1. The molecule has 29 heavy (non-hydrogen) atoms. The number of aromatic nitrogens is 1. The Morgan fingerprint density at radius 1 is 1.07 bits per heavy atom. The van der Waals surface area contributed by atoms with E-state index in [2.05, 4.69) is 9.71 Å². The van der Waals surface area contributed by atoms with Crippen molar-refractivity contribution in [2.45, 2.75) is 17.4 Å². The van der Waals surface area contributed by atoms with Crippen LogP contribution in [0.4, 0.5) is 0 Å². The summed E-state index contributed by atoms with van der Waals surface area (Å²) in [5, 5.41) is 11.1. The number of hydrogen-bond donors (Lipinski definition) is 2. The Labute approximate surface area is 166 Å². The summed E-state index contributed by atoms with van der Waals surface area (Å²) < 4.78 is 43.5. The second-order valence-electron chi connectivity index (χ2n) is 6.45. The molecule has 4 aromatic rings. The van der Waals surface area contributed by atoms with Gasteiger partial charge < -0.3 is 18.4 Å². The zero-order valence-corrected chi connectivity index (χ0v) is 16.2. The highest BCUT2D eigenvalue weighted by Crippen LogP contribution is 2.30. The Bertz CT molecular complexity index is 1140. The van der Waals surface area contributed by atoms with Gasteiger partial charge in [0.1, 0.15) is 17.7 Å². The first-order valence-electron chi connectivity index (χ1n) is 8.70. The van der Waals surface area contributed by atoms with Gasteiger partial charge in [0.2, 0.25) is 10.0 Å². The van der Waals surface area contributed by atoms with Crippen molar-refractivity contribution in [3.05, 3.63) is 84.7 Å². The van der Waals surface area contributed by atoms with Crippen LogP contribution in [0.15, 0.2) is 85.7 Å². The van der Waals surface area contributed by atoms with Gasteiger partial charge in [-0.3, -0.25) is 0 Å². The van der Waals surface area contributed by atoms with Crippen LogP contribution in [0.5, 0.6) is 0 Å². The number of hydrogen-bond acceptors (Lipinski definition) is 7. The predicted octanol–water partition coefficient (Wildman–Crippen LogP) is 3.05. The minimum absolute atomic E-state index is 0.0513. The van der Waals surface area contributed by atoms with Gasteiger partial charge in [0.15, 0.2) is 11.5 Å². The molecule has 1 atom stereocenters. The normalized spacial score (nSPS) is 14.0. The molecule has 0 saturated heterocycles. The maximum absolute atomic E-state index is 12.8. The Morgan fingerprint density at radius 3 is 2.45 bits per heavy atom. The fraction of sp³-hybridized carbons (Fsp3) is 0.150. The third-order valence-corrected chi connectivity index (χ3v) is 5.94. The van der Waals surface area contributed by atoms with E-state index in [0.29, 0.717) is 17.1 Å². The average molecular weight is 414 g/mol. The Kier molecular flexibility index (Phi) is 4.87. The molecule has 0 radical (unpaired) electrons. The zero-order chi connectivity index (χ0) is 20.5. The number of rotatable bonds is 7. The molecule has 2 N–H and O–H groups in total. The van der Waals surface area contributed by atoms with E-state index in [1.165, 1.54) is 37.2 Å². The van der Waals surface area contributed by atoms with Crippen molar-refractivity contribution in [1.29, 1.82) is 0 Å². The van der Waals surface area contributed by atoms with Gasteiger partial charge in [0, 0.05) is 18.1 Å². The number of nitrogens with zero attached hydrogens (tertiary/aromatic N) is 1. The van der Waals surface area contributed by atoms with Crippen molar-refractivity contribution in [1.82, 2.24) is 9.71 Å². The molecule has 0 fully saturated rings. The SMILES string of the molecule is Cc1nc(-c2ccc(S(=O)(=O)NC[C@](O)(c3ccoc3)c3ccco3)cc2)co1. The van der Waals surface area contributed by atoms with Crippen molar-refractivity contribution in [2.75, 3.05) is 6.54 Å². The van der Waals surface area contributed by atoms with Gasteiger partial charge in [-0.25, -0.2) is 18.1 Å². The molecule has 0 spiro atoms. The summed E-state index contributed by atoms with van der Waals surface area (Å²) in [6.45, 7) is 1.39. The van der Waals surface area contributed by atoms with Crippen molar-refractivity contribution < 1.29 is 26.8 Å². The topological polar surface area (TPSA) is 119 Å². The lowest BCUT2D eigenvalue weighted by molar-refractivity contribution is 0.0613. The minimum atomic E-state index is -3.90. The number of benzene rings is 1. The van der Waals surface area contributed by atoms with E-state index < -0.39 is 15.6 Å². The summed E-state index contributed by atoms with van der Waals surface area (Å²) in [6.07, 6.45) is 5.64. The Hall–Kier alpha value is -3.14. The maximum Gasteiger partial charge on any atom is 0.240 e. The number of furan rings is 2.